The van der Waals surface area contributed by atoms with Gasteiger partial charge < -0.3 is 19.5 Å². The molecule has 24 heavy (non-hydrogen) atoms. The Bertz CT molecular complexity index is 587. The van der Waals surface area contributed by atoms with Crippen molar-refractivity contribution in [2.24, 2.45) is 5.92 Å². The second-order valence-corrected chi connectivity index (χ2v) is 6.08. The van der Waals surface area contributed by atoms with Gasteiger partial charge in [0.2, 0.25) is 0 Å². The molecule has 0 aliphatic heterocycles. The number of rotatable bonds is 6. The summed E-state index contributed by atoms with van der Waals surface area (Å²) < 4.78 is 15.4. The lowest BCUT2D eigenvalue weighted by molar-refractivity contribution is -0.125. The third kappa shape index (κ3) is 4.63. The van der Waals surface area contributed by atoms with Gasteiger partial charge in [-0.1, -0.05) is 19.8 Å². The number of nitrogens with one attached hydrogen (secondary N) is 1. The number of carbonyl (C=O) groups excluding carboxylic acids is 2. The molecule has 0 saturated heterocycles. The predicted molar refractivity (Wildman–Crippen MR) is 89.4 cm³/mol. The molecule has 1 aromatic carbocycles. The van der Waals surface area contributed by atoms with Gasteiger partial charge >= 0.3 is 5.97 Å². The first-order valence-electron chi connectivity index (χ1n) is 8.23. The summed E-state index contributed by atoms with van der Waals surface area (Å²) in [7, 11) is 2.99. The number of benzene rings is 1. The van der Waals surface area contributed by atoms with Gasteiger partial charge in [-0.25, -0.2) is 4.79 Å². The standard InChI is InChI=1S/C18H25NO5/c1-12-6-4-5-7-15(12)19-17(20)11-24-18(21)14-9-8-13(22-2)10-16(14)23-3/h8-10,12,15H,4-7,11H2,1-3H3,(H,19,20)/t12-,15+/m0/s1. The molecule has 2 atom stereocenters. The molecule has 132 valence electrons. The van der Waals surface area contributed by atoms with E-state index in [-0.39, 0.29) is 24.1 Å². The minimum Gasteiger partial charge on any atom is -0.497 e. The quantitative estimate of drug-likeness (QED) is 0.809. The lowest BCUT2D eigenvalue weighted by Crippen LogP contribution is -2.42. The third-order valence-electron chi connectivity index (χ3n) is 4.42. The van der Waals surface area contributed by atoms with Crippen LogP contribution in [0.15, 0.2) is 18.2 Å². The van der Waals surface area contributed by atoms with Crippen molar-refractivity contribution in [1.29, 1.82) is 0 Å². The topological polar surface area (TPSA) is 73.9 Å². The molecule has 1 aliphatic rings. The van der Waals surface area contributed by atoms with Crippen LogP contribution in [0.2, 0.25) is 0 Å². The van der Waals surface area contributed by atoms with Gasteiger partial charge in [-0.05, 0) is 30.9 Å². The molecule has 1 aliphatic carbocycles. The molecule has 1 aromatic rings. The van der Waals surface area contributed by atoms with Gasteiger partial charge in [0.1, 0.15) is 17.1 Å². The first kappa shape index (κ1) is 18.1. The van der Waals surface area contributed by atoms with Crippen molar-refractivity contribution in [3.8, 4) is 11.5 Å². The van der Waals surface area contributed by atoms with Crippen molar-refractivity contribution in [3.05, 3.63) is 23.8 Å². The molecule has 6 heteroatoms. The minimum atomic E-state index is -0.596. The van der Waals surface area contributed by atoms with Gasteiger partial charge in [0.15, 0.2) is 6.61 Å². The molecule has 6 nitrogen and oxygen atoms in total. The average Bonchev–Trinajstić information content (AvgIpc) is 2.61. The van der Waals surface area contributed by atoms with Crippen molar-refractivity contribution >= 4 is 11.9 Å². The summed E-state index contributed by atoms with van der Waals surface area (Å²) in [5.74, 6) is 0.518. The molecular formula is C18H25NO5. The van der Waals surface area contributed by atoms with Crippen molar-refractivity contribution in [2.45, 2.75) is 38.6 Å². The Morgan fingerprint density at radius 2 is 1.92 bits per heavy atom. The summed E-state index contributed by atoms with van der Waals surface area (Å²) in [5.41, 5.74) is 0.261. The van der Waals surface area contributed by atoms with Crippen LogP contribution in [0.1, 0.15) is 43.0 Å². The van der Waals surface area contributed by atoms with E-state index in [0.29, 0.717) is 17.4 Å². The van der Waals surface area contributed by atoms with E-state index in [1.165, 1.54) is 20.6 Å². The molecule has 1 fully saturated rings. The van der Waals surface area contributed by atoms with E-state index >= 15 is 0 Å². The fourth-order valence-electron chi connectivity index (χ4n) is 2.96. The van der Waals surface area contributed by atoms with E-state index in [0.717, 1.165) is 19.3 Å². The SMILES string of the molecule is COc1ccc(C(=O)OCC(=O)N[C@@H]2CCCC[C@@H]2C)c(OC)c1. The van der Waals surface area contributed by atoms with Crippen molar-refractivity contribution in [2.75, 3.05) is 20.8 Å². The van der Waals surface area contributed by atoms with Crippen LogP contribution in [-0.4, -0.2) is 38.7 Å². The second-order valence-electron chi connectivity index (χ2n) is 6.08. The van der Waals surface area contributed by atoms with Crippen LogP contribution in [0.25, 0.3) is 0 Å². The zero-order valence-electron chi connectivity index (χ0n) is 14.5. The Morgan fingerprint density at radius 1 is 1.17 bits per heavy atom. The van der Waals surface area contributed by atoms with Crippen LogP contribution in [0, 0.1) is 5.92 Å². The molecule has 0 radical (unpaired) electrons. The van der Waals surface area contributed by atoms with Crippen molar-refractivity contribution < 1.29 is 23.8 Å². The molecule has 0 heterocycles. The van der Waals surface area contributed by atoms with E-state index in [2.05, 4.69) is 12.2 Å². The number of amides is 1. The predicted octanol–water partition coefficient (Wildman–Crippen LogP) is 2.56. The molecule has 0 spiro atoms. The average molecular weight is 335 g/mol. The molecule has 1 saturated carbocycles. The van der Waals surface area contributed by atoms with Gasteiger partial charge in [0, 0.05) is 12.1 Å². The number of esters is 1. The zero-order chi connectivity index (χ0) is 17.5. The van der Waals surface area contributed by atoms with Crippen molar-refractivity contribution in [1.82, 2.24) is 5.32 Å². The van der Waals surface area contributed by atoms with E-state index in [9.17, 15) is 9.59 Å². The number of methoxy groups -OCH3 is 2. The number of carbonyl (C=O) groups is 2. The minimum absolute atomic E-state index is 0.167. The highest BCUT2D eigenvalue weighted by Crippen LogP contribution is 2.25. The van der Waals surface area contributed by atoms with Gasteiger partial charge in [0.25, 0.3) is 5.91 Å². The van der Waals surface area contributed by atoms with E-state index in [1.807, 2.05) is 0 Å². The molecule has 0 aromatic heterocycles. The molecule has 0 unspecified atom stereocenters. The summed E-state index contributed by atoms with van der Waals surface area (Å²) in [6.45, 7) is 1.84. The largest absolute Gasteiger partial charge is 0.497 e. The maximum atomic E-state index is 12.2. The van der Waals surface area contributed by atoms with E-state index in [1.54, 1.807) is 18.2 Å². The zero-order valence-corrected chi connectivity index (χ0v) is 14.5. The summed E-state index contributed by atoms with van der Waals surface area (Å²) in [6, 6.07) is 4.96. The Labute approximate surface area is 142 Å². The van der Waals surface area contributed by atoms with Gasteiger partial charge in [-0.2, -0.15) is 0 Å². The van der Waals surface area contributed by atoms with Gasteiger partial charge in [-0.15, -0.1) is 0 Å². The fraction of sp³-hybridized carbons (Fsp3) is 0.556. The smallest absolute Gasteiger partial charge is 0.342 e. The molecule has 2 rings (SSSR count). The normalized spacial score (nSPS) is 20.1. The van der Waals surface area contributed by atoms with Crippen LogP contribution < -0.4 is 14.8 Å². The highest BCUT2D eigenvalue weighted by Gasteiger charge is 2.23. The fourth-order valence-corrected chi connectivity index (χ4v) is 2.96. The summed E-state index contributed by atoms with van der Waals surface area (Å²) in [4.78, 5) is 24.2. The molecular weight excluding hydrogens is 310 g/mol. The van der Waals surface area contributed by atoms with E-state index in [4.69, 9.17) is 14.2 Å². The lowest BCUT2D eigenvalue weighted by atomic mass is 9.86. The Hall–Kier alpha value is -2.24. The first-order chi connectivity index (χ1) is 11.5. The number of hydrogen-bond acceptors (Lipinski definition) is 5. The molecule has 1 N–H and O–H groups in total. The number of ether oxygens (including phenoxy) is 3. The monoisotopic (exact) mass is 335 g/mol. The maximum Gasteiger partial charge on any atom is 0.342 e. The summed E-state index contributed by atoms with van der Waals surface area (Å²) in [6.07, 6.45) is 4.43. The van der Waals surface area contributed by atoms with Crippen LogP contribution >= 0.6 is 0 Å². The highest BCUT2D eigenvalue weighted by atomic mass is 16.5. The van der Waals surface area contributed by atoms with E-state index < -0.39 is 5.97 Å². The van der Waals surface area contributed by atoms with Crippen LogP contribution in [-0.2, 0) is 9.53 Å². The van der Waals surface area contributed by atoms with Crippen LogP contribution in [0.5, 0.6) is 11.5 Å². The summed E-state index contributed by atoms with van der Waals surface area (Å²) in [5, 5.41) is 2.95. The molecule has 0 bridgehead atoms. The first-order valence-corrected chi connectivity index (χ1v) is 8.23. The Kier molecular flexibility index (Phi) is 6.46. The lowest BCUT2D eigenvalue weighted by Gasteiger charge is -2.29. The van der Waals surface area contributed by atoms with Crippen LogP contribution in [0.4, 0.5) is 0 Å². The Balaban J connectivity index is 1.89. The van der Waals surface area contributed by atoms with Crippen molar-refractivity contribution in [3.63, 3.8) is 0 Å². The Morgan fingerprint density at radius 3 is 2.58 bits per heavy atom. The van der Waals surface area contributed by atoms with Gasteiger partial charge in [0.05, 0.1) is 14.2 Å². The van der Waals surface area contributed by atoms with Gasteiger partial charge in [-0.3, -0.25) is 4.79 Å². The highest BCUT2D eigenvalue weighted by molar-refractivity contribution is 5.94. The second kappa shape index (κ2) is 8.57. The van der Waals surface area contributed by atoms with Crippen LogP contribution in [0.3, 0.4) is 0 Å². The summed E-state index contributed by atoms with van der Waals surface area (Å²) >= 11 is 0. The molecule has 1 amide bonds. The number of hydrogen-bond donors (Lipinski definition) is 1. The maximum absolute atomic E-state index is 12.2. The third-order valence-corrected chi connectivity index (χ3v) is 4.42.